The largest absolute Gasteiger partial charge is 0.466 e. The van der Waals surface area contributed by atoms with Gasteiger partial charge in [-0.2, -0.15) is 0 Å². The van der Waals surface area contributed by atoms with Crippen LogP contribution in [0, 0.1) is 5.92 Å². The molecule has 0 radical (unpaired) electrons. The number of guanidine groups is 1. The van der Waals surface area contributed by atoms with E-state index in [1.165, 1.54) is 12.8 Å². The van der Waals surface area contributed by atoms with Gasteiger partial charge in [0.05, 0.1) is 12.5 Å². The maximum atomic E-state index is 12.1. The van der Waals surface area contributed by atoms with Crippen LogP contribution < -0.4 is 5.32 Å². The van der Waals surface area contributed by atoms with Crippen molar-refractivity contribution in [3.8, 4) is 0 Å². The van der Waals surface area contributed by atoms with Crippen molar-refractivity contribution in [2.45, 2.75) is 51.5 Å². The molecule has 1 heterocycles. The second kappa shape index (κ2) is 11.6. The minimum Gasteiger partial charge on any atom is -0.466 e. The molecule has 150 valence electrons. The summed E-state index contributed by atoms with van der Waals surface area (Å²) in [5.74, 6) is 0.492. The molecule has 8 heteroatoms. The maximum Gasteiger partial charge on any atom is 0.310 e. The van der Waals surface area contributed by atoms with Crippen LogP contribution in [-0.4, -0.2) is 74.0 Å². The van der Waals surface area contributed by atoms with E-state index in [2.05, 4.69) is 15.2 Å². The summed E-state index contributed by atoms with van der Waals surface area (Å²) in [5, 5.41) is 3.52. The number of hydrogen-bond donors (Lipinski definition) is 1. The van der Waals surface area contributed by atoms with Crippen molar-refractivity contribution in [2.75, 3.05) is 40.3 Å². The number of amides is 1. The highest BCUT2D eigenvalue weighted by atomic mass is 127. The highest BCUT2D eigenvalue weighted by Crippen LogP contribution is 2.21. The number of hydrogen-bond acceptors (Lipinski definition) is 4. The Bertz CT molecular complexity index is 493. The van der Waals surface area contributed by atoms with E-state index in [1.807, 2.05) is 6.92 Å². The maximum absolute atomic E-state index is 12.1. The van der Waals surface area contributed by atoms with Crippen LogP contribution in [-0.2, 0) is 14.3 Å². The van der Waals surface area contributed by atoms with E-state index in [9.17, 15) is 9.59 Å². The molecule has 0 bridgehead atoms. The summed E-state index contributed by atoms with van der Waals surface area (Å²) in [6.45, 7) is 3.83. The minimum atomic E-state index is -0.128. The zero-order chi connectivity index (χ0) is 18.2. The molecule has 2 fully saturated rings. The van der Waals surface area contributed by atoms with Crippen LogP contribution in [0.4, 0.5) is 0 Å². The minimum absolute atomic E-state index is 0. The fourth-order valence-electron chi connectivity index (χ4n) is 3.40. The van der Waals surface area contributed by atoms with Crippen LogP contribution >= 0.6 is 24.0 Å². The third-order valence-corrected chi connectivity index (χ3v) is 4.89. The van der Waals surface area contributed by atoms with E-state index < -0.39 is 0 Å². The standard InChI is InChI=1S/C18H32N4O3.HI/c1-4-25-17(24)14-8-7-11-22(13-14)18(19-12-16(23)21(2)3)20-15-9-5-6-10-15;/h14-15H,4-13H2,1-3H3,(H,19,20);1H. The first kappa shape index (κ1) is 23.0. The van der Waals surface area contributed by atoms with E-state index in [0.717, 1.165) is 38.2 Å². The van der Waals surface area contributed by atoms with Gasteiger partial charge < -0.3 is 19.9 Å². The normalized spacial score (nSPS) is 21.1. The Morgan fingerprint density at radius 2 is 1.88 bits per heavy atom. The highest BCUT2D eigenvalue weighted by Gasteiger charge is 2.29. The van der Waals surface area contributed by atoms with Gasteiger partial charge in [0, 0.05) is 33.2 Å². The molecule has 1 amide bonds. The lowest BCUT2D eigenvalue weighted by atomic mass is 9.98. The van der Waals surface area contributed by atoms with Gasteiger partial charge >= 0.3 is 5.97 Å². The number of likely N-dealkylation sites (tertiary alicyclic amines) is 1. The summed E-state index contributed by atoms with van der Waals surface area (Å²) in [6.07, 6.45) is 6.50. The Kier molecular flexibility index (Phi) is 10.3. The smallest absolute Gasteiger partial charge is 0.310 e. The molecule has 1 saturated carbocycles. The predicted molar refractivity (Wildman–Crippen MR) is 113 cm³/mol. The van der Waals surface area contributed by atoms with E-state index >= 15 is 0 Å². The second-order valence-corrected chi connectivity index (χ2v) is 7.09. The number of esters is 1. The lowest BCUT2D eigenvalue weighted by Crippen LogP contribution is -2.50. The third kappa shape index (κ3) is 6.92. The number of aliphatic imine (C=N–C) groups is 1. The van der Waals surface area contributed by atoms with Crippen molar-refractivity contribution < 1.29 is 14.3 Å². The number of rotatable bonds is 5. The fourth-order valence-corrected chi connectivity index (χ4v) is 3.40. The van der Waals surface area contributed by atoms with Crippen molar-refractivity contribution >= 4 is 41.8 Å². The van der Waals surface area contributed by atoms with Crippen LogP contribution in [0.15, 0.2) is 4.99 Å². The lowest BCUT2D eigenvalue weighted by Gasteiger charge is -2.35. The summed E-state index contributed by atoms with van der Waals surface area (Å²) < 4.78 is 5.19. The van der Waals surface area contributed by atoms with E-state index in [1.54, 1.807) is 19.0 Å². The van der Waals surface area contributed by atoms with Gasteiger partial charge in [0.25, 0.3) is 0 Å². The van der Waals surface area contributed by atoms with Crippen molar-refractivity contribution in [3.63, 3.8) is 0 Å². The van der Waals surface area contributed by atoms with Crippen LogP contribution in [0.2, 0.25) is 0 Å². The van der Waals surface area contributed by atoms with Crippen LogP contribution in [0.25, 0.3) is 0 Å². The first-order valence-electron chi connectivity index (χ1n) is 9.44. The number of halogens is 1. The first-order chi connectivity index (χ1) is 12.0. The molecular weight excluding hydrogens is 447 g/mol. The highest BCUT2D eigenvalue weighted by molar-refractivity contribution is 14.0. The van der Waals surface area contributed by atoms with Crippen LogP contribution in [0.3, 0.4) is 0 Å². The van der Waals surface area contributed by atoms with Crippen molar-refractivity contribution in [1.82, 2.24) is 15.1 Å². The zero-order valence-corrected chi connectivity index (χ0v) is 18.5. The molecule has 2 aliphatic rings. The van der Waals surface area contributed by atoms with Crippen molar-refractivity contribution in [1.29, 1.82) is 0 Å². The Morgan fingerprint density at radius 3 is 2.50 bits per heavy atom. The molecule has 26 heavy (non-hydrogen) atoms. The SMILES string of the molecule is CCOC(=O)C1CCCN(C(=NCC(=O)N(C)C)NC2CCCC2)C1.I. The number of nitrogens with zero attached hydrogens (tertiary/aromatic N) is 3. The number of likely N-dealkylation sites (N-methyl/N-ethyl adjacent to an activating group) is 1. The topological polar surface area (TPSA) is 74.2 Å². The quantitative estimate of drug-likeness (QED) is 0.282. The van der Waals surface area contributed by atoms with Gasteiger partial charge in [0.15, 0.2) is 5.96 Å². The Balaban J connectivity index is 0.00000338. The molecule has 0 aromatic heterocycles. The number of ether oxygens (including phenoxy) is 1. The van der Waals surface area contributed by atoms with Gasteiger partial charge in [-0.25, -0.2) is 4.99 Å². The summed E-state index contributed by atoms with van der Waals surface area (Å²) in [4.78, 5) is 32.2. The van der Waals surface area contributed by atoms with E-state index in [4.69, 9.17) is 4.74 Å². The summed E-state index contributed by atoms with van der Waals surface area (Å²) in [7, 11) is 3.47. The number of carbonyl (C=O) groups excluding carboxylic acids is 2. The molecular formula is C18H33IN4O3. The Morgan fingerprint density at radius 1 is 1.19 bits per heavy atom. The molecule has 1 atom stereocenters. The molecule has 1 aliphatic heterocycles. The number of nitrogens with one attached hydrogen (secondary N) is 1. The van der Waals surface area contributed by atoms with Crippen molar-refractivity contribution in [2.24, 2.45) is 10.9 Å². The molecule has 1 aliphatic carbocycles. The molecule has 2 rings (SSSR count). The third-order valence-electron chi connectivity index (χ3n) is 4.89. The van der Waals surface area contributed by atoms with Gasteiger partial charge in [-0.05, 0) is 32.6 Å². The van der Waals surface area contributed by atoms with Gasteiger partial charge in [-0.3, -0.25) is 9.59 Å². The molecule has 7 nitrogen and oxygen atoms in total. The Labute approximate surface area is 173 Å². The molecule has 1 unspecified atom stereocenters. The van der Waals surface area contributed by atoms with Gasteiger partial charge in [-0.1, -0.05) is 12.8 Å². The molecule has 1 saturated heterocycles. The average molecular weight is 480 g/mol. The summed E-state index contributed by atoms with van der Waals surface area (Å²) >= 11 is 0. The summed E-state index contributed by atoms with van der Waals surface area (Å²) in [5.41, 5.74) is 0. The summed E-state index contributed by atoms with van der Waals surface area (Å²) in [6, 6.07) is 0.413. The van der Waals surface area contributed by atoms with Gasteiger partial charge in [0.1, 0.15) is 6.54 Å². The Hall–Kier alpha value is -1.06. The molecule has 0 aromatic rings. The second-order valence-electron chi connectivity index (χ2n) is 7.09. The lowest BCUT2D eigenvalue weighted by molar-refractivity contribution is -0.149. The van der Waals surface area contributed by atoms with E-state index in [0.29, 0.717) is 19.2 Å². The van der Waals surface area contributed by atoms with Gasteiger partial charge in [0.2, 0.25) is 5.91 Å². The zero-order valence-electron chi connectivity index (χ0n) is 16.2. The number of carbonyl (C=O) groups is 2. The molecule has 0 spiro atoms. The van der Waals surface area contributed by atoms with Gasteiger partial charge in [-0.15, -0.1) is 24.0 Å². The fraction of sp³-hybridized carbons (Fsp3) is 0.833. The first-order valence-corrected chi connectivity index (χ1v) is 9.44. The monoisotopic (exact) mass is 480 g/mol. The average Bonchev–Trinajstić information content (AvgIpc) is 3.11. The van der Waals surface area contributed by atoms with E-state index in [-0.39, 0.29) is 48.3 Å². The predicted octanol–water partition coefficient (Wildman–Crippen LogP) is 1.86. The number of piperidine rings is 1. The molecule has 0 aromatic carbocycles. The van der Waals surface area contributed by atoms with Crippen LogP contribution in [0.5, 0.6) is 0 Å². The van der Waals surface area contributed by atoms with Crippen LogP contribution in [0.1, 0.15) is 45.4 Å². The molecule has 1 N–H and O–H groups in total. The van der Waals surface area contributed by atoms with Crippen molar-refractivity contribution in [3.05, 3.63) is 0 Å².